The quantitative estimate of drug-likeness (QED) is 0.237. The van der Waals surface area contributed by atoms with Gasteiger partial charge in [0.25, 0.3) is 0 Å². The van der Waals surface area contributed by atoms with Crippen LogP contribution in [0.2, 0.25) is 0 Å². The number of rotatable bonds is 9. The molecule has 0 saturated heterocycles. The van der Waals surface area contributed by atoms with Crippen molar-refractivity contribution in [2.45, 2.75) is 44.8 Å². The van der Waals surface area contributed by atoms with Crippen LogP contribution in [-0.2, 0) is 20.7 Å². The van der Waals surface area contributed by atoms with Gasteiger partial charge >= 0.3 is 12.2 Å². The minimum Gasteiger partial charge on any atom is -0.449 e. The van der Waals surface area contributed by atoms with Gasteiger partial charge in [-0.3, -0.25) is 9.36 Å². The van der Waals surface area contributed by atoms with Gasteiger partial charge in [0.05, 0.1) is 39.7 Å². The normalized spacial score (nSPS) is 13.6. The van der Waals surface area contributed by atoms with Gasteiger partial charge in [0.1, 0.15) is 18.2 Å². The summed E-state index contributed by atoms with van der Waals surface area (Å²) in [5.74, 6) is -0.433. The van der Waals surface area contributed by atoms with E-state index < -0.39 is 23.8 Å². The third-order valence-electron chi connectivity index (χ3n) is 7.84. The SMILES string of the molecule is CC(C)(C)OC(=O)n1cc(C[C@H](NC(=O)OCC2c3ccccc3-c3ccccc32)C(=O)NCC[N+](C)(C)C)c2ccccc21. The van der Waals surface area contributed by atoms with Gasteiger partial charge in [-0.1, -0.05) is 66.7 Å². The number of carbonyl (C=O) groups is 3. The predicted octanol–water partition coefficient (Wildman–Crippen LogP) is 5.70. The Balaban J connectivity index is 1.36. The minimum absolute atomic E-state index is 0.105. The van der Waals surface area contributed by atoms with Crippen LogP contribution in [-0.4, -0.2) is 79.6 Å². The van der Waals surface area contributed by atoms with Crippen molar-refractivity contribution in [3.63, 3.8) is 0 Å². The molecule has 9 heteroatoms. The van der Waals surface area contributed by atoms with Gasteiger partial charge in [0.2, 0.25) is 5.91 Å². The van der Waals surface area contributed by atoms with Crippen molar-refractivity contribution in [2.24, 2.45) is 0 Å². The first-order valence-electron chi connectivity index (χ1n) is 15.3. The van der Waals surface area contributed by atoms with E-state index in [1.54, 1.807) is 6.20 Å². The second-order valence-corrected chi connectivity index (χ2v) is 13.6. The number of amides is 2. The number of likely N-dealkylation sites (N-methyl/N-ethyl adjacent to an activating group) is 1. The molecule has 1 aliphatic carbocycles. The van der Waals surface area contributed by atoms with Crippen molar-refractivity contribution in [3.05, 3.63) is 95.7 Å². The summed E-state index contributed by atoms with van der Waals surface area (Å²) < 4.78 is 13.5. The summed E-state index contributed by atoms with van der Waals surface area (Å²) >= 11 is 0. The topological polar surface area (TPSA) is 98.7 Å². The molecule has 0 saturated carbocycles. The van der Waals surface area contributed by atoms with Gasteiger partial charge in [0, 0.05) is 23.9 Å². The first kappa shape index (κ1) is 31.8. The molecule has 0 radical (unpaired) electrons. The molecule has 5 rings (SSSR count). The highest BCUT2D eigenvalue weighted by molar-refractivity contribution is 5.93. The number of hydrogen-bond acceptors (Lipinski definition) is 5. The molecule has 1 heterocycles. The summed E-state index contributed by atoms with van der Waals surface area (Å²) in [5.41, 5.74) is 5.19. The Hall–Kier alpha value is -4.63. The highest BCUT2D eigenvalue weighted by Crippen LogP contribution is 2.44. The number of benzene rings is 3. The molecule has 4 aromatic rings. The Morgan fingerprint density at radius 3 is 2.11 bits per heavy atom. The fourth-order valence-corrected chi connectivity index (χ4v) is 5.72. The van der Waals surface area contributed by atoms with Crippen LogP contribution >= 0.6 is 0 Å². The smallest absolute Gasteiger partial charge is 0.419 e. The summed E-state index contributed by atoms with van der Waals surface area (Å²) in [7, 11) is 6.14. The lowest BCUT2D eigenvalue weighted by molar-refractivity contribution is -0.869. The van der Waals surface area contributed by atoms with Crippen LogP contribution in [0.5, 0.6) is 0 Å². The molecule has 45 heavy (non-hydrogen) atoms. The molecular weight excluding hydrogens is 568 g/mol. The lowest BCUT2D eigenvalue weighted by Gasteiger charge is -2.25. The molecule has 2 amide bonds. The van der Waals surface area contributed by atoms with Gasteiger partial charge in [-0.05, 0) is 54.7 Å². The van der Waals surface area contributed by atoms with E-state index in [0.717, 1.165) is 33.2 Å². The number of nitrogens with zero attached hydrogens (tertiary/aromatic N) is 2. The number of quaternary nitrogens is 1. The monoisotopic (exact) mass is 611 g/mol. The van der Waals surface area contributed by atoms with E-state index in [1.807, 2.05) is 90.4 Å². The van der Waals surface area contributed by atoms with E-state index in [-0.39, 0.29) is 24.9 Å². The molecule has 236 valence electrons. The van der Waals surface area contributed by atoms with Crippen molar-refractivity contribution in [2.75, 3.05) is 40.8 Å². The zero-order valence-corrected chi connectivity index (χ0v) is 26.9. The van der Waals surface area contributed by atoms with Crippen molar-refractivity contribution in [1.29, 1.82) is 0 Å². The number of carbonyl (C=O) groups excluding carboxylic acids is 3. The Morgan fingerprint density at radius 2 is 1.49 bits per heavy atom. The van der Waals surface area contributed by atoms with Crippen molar-refractivity contribution >= 4 is 29.0 Å². The number of ether oxygens (including phenoxy) is 2. The van der Waals surface area contributed by atoms with Gasteiger partial charge in [-0.15, -0.1) is 0 Å². The molecule has 1 atom stereocenters. The van der Waals surface area contributed by atoms with E-state index in [0.29, 0.717) is 23.1 Å². The molecule has 0 aliphatic heterocycles. The highest BCUT2D eigenvalue weighted by atomic mass is 16.6. The van der Waals surface area contributed by atoms with Crippen LogP contribution < -0.4 is 10.6 Å². The van der Waals surface area contributed by atoms with Crippen molar-refractivity contribution in [3.8, 4) is 11.1 Å². The fraction of sp³-hybridized carbons (Fsp3) is 0.361. The van der Waals surface area contributed by atoms with Crippen molar-refractivity contribution in [1.82, 2.24) is 15.2 Å². The Bertz CT molecular complexity index is 1670. The number of aromatic nitrogens is 1. The third-order valence-corrected chi connectivity index (χ3v) is 7.84. The molecule has 1 aromatic heterocycles. The fourth-order valence-electron chi connectivity index (χ4n) is 5.72. The highest BCUT2D eigenvalue weighted by Gasteiger charge is 2.31. The zero-order valence-electron chi connectivity index (χ0n) is 26.9. The first-order chi connectivity index (χ1) is 21.3. The Kier molecular flexibility index (Phi) is 9.02. The molecule has 0 unspecified atom stereocenters. The Labute approximate surface area is 264 Å². The van der Waals surface area contributed by atoms with Crippen LogP contribution in [0.15, 0.2) is 79.0 Å². The standard InChI is InChI=1S/C36H42N4O5/c1-36(2,3)45-35(43)39-22-24(25-13-11-12-18-32(25)39)21-31(33(41)37-19-20-40(4,5)6)38-34(42)44-23-30-28-16-9-7-14-26(28)27-15-8-10-17-29(27)30/h7-18,22,30-31H,19-21,23H2,1-6H3,(H-,37,38,41,42)/p+1/t31-/m0/s1. The lowest BCUT2D eigenvalue weighted by Crippen LogP contribution is -2.50. The number of fused-ring (bicyclic) bond motifs is 4. The number of alkyl carbamates (subject to hydrolysis) is 1. The van der Waals surface area contributed by atoms with Crippen LogP contribution in [0.1, 0.15) is 43.4 Å². The number of para-hydroxylation sites is 1. The van der Waals surface area contributed by atoms with Gasteiger partial charge in [0.15, 0.2) is 0 Å². The molecule has 2 N–H and O–H groups in total. The summed E-state index contributed by atoms with van der Waals surface area (Å²) in [6.45, 7) is 6.71. The lowest BCUT2D eigenvalue weighted by atomic mass is 9.98. The van der Waals surface area contributed by atoms with Crippen LogP contribution in [0, 0.1) is 0 Å². The van der Waals surface area contributed by atoms with Gasteiger partial charge in [-0.2, -0.15) is 0 Å². The number of nitrogens with one attached hydrogen (secondary N) is 2. The summed E-state index contributed by atoms with van der Waals surface area (Å²) in [6.07, 6.45) is 0.638. The predicted molar refractivity (Wildman–Crippen MR) is 175 cm³/mol. The summed E-state index contributed by atoms with van der Waals surface area (Å²) in [6, 6.07) is 22.8. The second-order valence-electron chi connectivity index (χ2n) is 13.6. The van der Waals surface area contributed by atoms with E-state index in [9.17, 15) is 14.4 Å². The Morgan fingerprint density at radius 1 is 0.889 bits per heavy atom. The average Bonchev–Trinajstić information content (AvgIpc) is 3.50. The maximum Gasteiger partial charge on any atom is 0.419 e. The minimum atomic E-state index is -0.939. The van der Waals surface area contributed by atoms with E-state index in [4.69, 9.17) is 9.47 Å². The van der Waals surface area contributed by atoms with Crippen LogP contribution in [0.3, 0.4) is 0 Å². The van der Waals surface area contributed by atoms with E-state index in [2.05, 4.69) is 34.9 Å². The van der Waals surface area contributed by atoms with E-state index >= 15 is 0 Å². The summed E-state index contributed by atoms with van der Waals surface area (Å²) in [4.78, 5) is 39.9. The molecule has 3 aromatic carbocycles. The first-order valence-corrected chi connectivity index (χ1v) is 15.3. The molecule has 0 spiro atoms. The van der Waals surface area contributed by atoms with Gasteiger partial charge in [-0.25, -0.2) is 9.59 Å². The molecule has 0 bridgehead atoms. The van der Waals surface area contributed by atoms with Gasteiger partial charge < -0.3 is 24.6 Å². The second kappa shape index (κ2) is 12.8. The maximum absolute atomic E-state index is 13.5. The molecule has 9 nitrogen and oxygen atoms in total. The maximum atomic E-state index is 13.5. The average molecular weight is 612 g/mol. The third kappa shape index (κ3) is 7.54. The molecular formula is C36H43N4O5+. The molecule has 0 fully saturated rings. The van der Waals surface area contributed by atoms with E-state index in [1.165, 1.54) is 4.57 Å². The van der Waals surface area contributed by atoms with Crippen LogP contribution in [0.4, 0.5) is 9.59 Å². The van der Waals surface area contributed by atoms with Crippen LogP contribution in [0.25, 0.3) is 22.0 Å². The zero-order chi connectivity index (χ0) is 32.4. The summed E-state index contributed by atoms with van der Waals surface area (Å²) in [5, 5.41) is 6.59. The van der Waals surface area contributed by atoms with Crippen molar-refractivity contribution < 1.29 is 28.3 Å². The largest absolute Gasteiger partial charge is 0.449 e. The molecule has 1 aliphatic rings. The number of hydrogen-bond donors (Lipinski definition) is 2.